The van der Waals surface area contributed by atoms with Crippen molar-refractivity contribution >= 4 is 5.91 Å². The summed E-state index contributed by atoms with van der Waals surface area (Å²) < 4.78 is 0. The lowest BCUT2D eigenvalue weighted by Crippen LogP contribution is -2.56. The zero-order chi connectivity index (χ0) is 23.4. The normalized spacial score (nSPS) is 20.1. The van der Waals surface area contributed by atoms with Crippen LogP contribution in [0.25, 0.3) is 0 Å². The molecule has 0 spiro atoms. The minimum atomic E-state index is -0.00979. The number of aromatic hydroxyl groups is 1. The van der Waals surface area contributed by atoms with Crippen LogP contribution >= 0.6 is 0 Å². The Hall–Kier alpha value is -2.79. The summed E-state index contributed by atoms with van der Waals surface area (Å²) in [6.07, 6.45) is 0. The van der Waals surface area contributed by atoms with Gasteiger partial charge in [0.15, 0.2) is 0 Å². The van der Waals surface area contributed by atoms with Gasteiger partial charge in [-0.2, -0.15) is 0 Å². The summed E-state index contributed by atoms with van der Waals surface area (Å²) in [6, 6.07) is 16.1. The lowest BCUT2D eigenvalue weighted by molar-refractivity contribution is 0.0435. The zero-order valence-electron chi connectivity index (χ0n) is 20.1. The number of piperazine rings is 1. The van der Waals surface area contributed by atoms with Crippen molar-refractivity contribution in [3.05, 3.63) is 77.5 Å². The van der Waals surface area contributed by atoms with Gasteiger partial charge in [-0.15, -0.1) is 0 Å². The van der Waals surface area contributed by atoms with Gasteiger partial charge in [-0.25, -0.2) is 0 Å². The van der Waals surface area contributed by atoms with Crippen LogP contribution in [0.5, 0.6) is 5.75 Å². The molecule has 5 nitrogen and oxygen atoms in total. The van der Waals surface area contributed by atoms with Crippen LogP contribution in [-0.4, -0.2) is 64.0 Å². The Morgan fingerprint density at radius 2 is 1.72 bits per heavy atom. The van der Waals surface area contributed by atoms with Gasteiger partial charge >= 0.3 is 0 Å². The van der Waals surface area contributed by atoms with E-state index < -0.39 is 0 Å². The first-order valence-corrected chi connectivity index (χ1v) is 11.6. The molecule has 0 saturated carbocycles. The highest BCUT2D eigenvalue weighted by atomic mass is 16.3. The Morgan fingerprint density at radius 1 is 1.06 bits per heavy atom. The number of rotatable bonds is 7. The van der Waals surface area contributed by atoms with Crippen LogP contribution in [0.1, 0.15) is 62.1 Å². The Kier molecular flexibility index (Phi) is 7.62. The molecule has 3 rings (SSSR count). The monoisotopic (exact) mass is 435 g/mol. The summed E-state index contributed by atoms with van der Waals surface area (Å²) in [5, 5.41) is 10.2. The van der Waals surface area contributed by atoms with Gasteiger partial charge in [-0.3, -0.25) is 9.69 Å². The topological polar surface area (TPSA) is 47.0 Å². The zero-order valence-corrected chi connectivity index (χ0v) is 20.1. The molecule has 32 heavy (non-hydrogen) atoms. The Morgan fingerprint density at radius 3 is 2.28 bits per heavy atom. The van der Waals surface area contributed by atoms with Gasteiger partial charge in [-0.05, 0) is 70.0 Å². The van der Waals surface area contributed by atoms with E-state index in [2.05, 4.69) is 55.3 Å². The third kappa shape index (κ3) is 4.99. The molecule has 2 aromatic rings. The summed E-state index contributed by atoms with van der Waals surface area (Å²) in [6.45, 7) is 17.9. The summed E-state index contributed by atoms with van der Waals surface area (Å²) in [5.74, 6) is 0.328. The second-order valence-electron chi connectivity index (χ2n) is 8.88. The number of carbonyl (C=O) groups excluding carboxylic acids is 1. The van der Waals surface area contributed by atoms with E-state index in [1.807, 2.05) is 43.0 Å². The van der Waals surface area contributed by atoms with Crippen molar-refractivity contribution in [3.8, 4) is 5.75 Å². The number of benzene rings is 2. The Labute approximate surface area is 193 Å². The van der Waals surface area contributed by atoms with E-state index in [-0.39, 0.29) is 17.7 Å². The highest BCUT2D eigenvalue weighted by Gasteiger charge is 2.34. The first-order valence-electron chi connectivity index (χ1n) is 11.6. The first kappa shape index (κ1) is 23.9. The van der Waals surface area contributed by atoms with Crippen LogP contribution < -0.4 is 0 Å². The molecular formula is C27H37N3O2. The fourth-order valence-corrected chi connectivity index (χ4v) is 4.82. The van der Waals surface area contributed by atoms with Gasteiger partial charge in [0.2, 0.25) is 0 Å². The summed E-state index contributed by atoms with van der Waals surface area (Å²) in [5.41, 5.74) is 3.97. The number of nitrogens with zero attached hydrogens (tertiary/aromatic N) is 3. The summed E-state index contributed by atoms with van der Waals surface area (Å²) in [7, 11) is 0. The molecule has 1 N–H and O–H groups in total. The van der Waals surface area contributed by atoms with E-state index in [9.17, 15) is 9.90 Å². The molecular weight excluding hydrogens is 398 g/mol. The number of phenolic OH excluding ortho intramolecular Hbond substituents is 1. The SMILES string of the molecule is C=C(C)N1C[C@@H](C)N([C@@H](c2ccc(C(=O)N(CC)CC)cc2)c2cccc(O)c2)C[C@@H]1C. The van der Waals surface area contributed by atoms with Crippen LogP contribution in [0.15, 0.2) is 60.8 Å². The molecule has 1 amide bonds. The fraction of sp³-hybridized carbons (Fsp3) is 0.444. The van der Waals surface area contributed by atoms with Gasteiger partial charge in [0, 0.05) is 49.5 Å². The maximum absolute atomic E-state index is 12.8. The van der Waals surface area contributed by atoms with E-state index in [0.29, 0.717) is 30.7 Å². The molecule has 0 aromatic heterocycles. The lowest BCUT2D eigenvalue weighted by atomic mass is 9.92. The molecule has 1 aliphatic heterocycles. The Bertz CT molecular complexity index is 936. The van der Waals surface area contributed by atoms with Crippen molar-refractivity contribution in [2.45, 2.75) is 52.7 Å². The molecule has 2 aromatic carbocycles. The lowest BCUT2D eigenvalue weighted by Gasteiger charge is -2.48. The fourth-order valence-electron chi connectivity index (χ4n) is 4.82. The third-order valence-electron chi connectivity index (χ3n) is 6.57. The van der Waals surface area contributed by atoms with Crippen molar-refractivity contribution in [1.29, 1.82) is 0 Å². The van der Waals surface area contributed by atoms with Gasteiger partial charge in [-0.1, -0.05) is 30.8 Å². The number of hydrogen-bond acceptors (Lipinski definition) is 4. The van der Waals surface area contributed by atoms with E-state index in [1.165, 1.54) is 0 Å². The molecule has 1 fully saturated rings. The van der Waals surface area contributed by atoms with Crippen molar-refractivity contribution in [3.63, 3.8) is 0 Å². The smallest absolute Gasteiger partial charge is 0.253 e. The van der Waals surface area contributed by atoms with Gasteiger partial charge in [0.25, 0.3) is 5.91 Å². The van der Waals surface area contributed by atoms with E-state index >= 15 is 0 Å². The minimum absolute atomic E-state index is 0.00979. The van der Waals surface area contributed by atoms with Crippen molar-refractivity contribution in [2.24, 2.45) is 0 Å². The second-order valence-corrected chi connectivity index (χ2v) is 8.88. The molecule has 0 aliphatic carbocycles. The predicted molar refractivity (Wildman–Crippen MR) is 131 cm³/mol. The molecule has 0 bridgehead atoms. The van der Waals surface area contributed by atoms with Crippen LogP contribution in [0.3, 0.4) is 0 Å². The summed E-state index contributed by atoms with van der Waals surface area (Å²) >= 11 is 0. The van der Waals surface area contributed by atoms with Crippen molar-refractivity contribution in [2.75, 3.05) is 26.2 Å². The number of phenols is 1. The number of amides is 1. The molecule has 1 saturated heterocycles. The quantitative estimate of drug-likeness (QED) is 0.673. The first-order chi connectivity index (χ1) is 15.3. The standard InChI is InChI=1S/C27H37N3O2/c1-7-28(8-2)27(32)23-14-12-22(13-15-23)26(24-10-9-11-25(31)16-24)30-18-20(5)29(19(3)4)17-21(30)6/h9-16,20-21,26,31H,3,7-8,17-18H2,1-2,4-6H3/t20-,21+,26-/m0/s1. The number of carbonyl (C=O) groups is 1. The van der Waals surface area contributed by atoms with Crippen LogP contribution in [0.4, 0.5) is 0 Å². The Balaban J connectivity index is 1.98. The average molecular weight is 436 g/mol. The maximum Gasteiger partial charge on any atom is 0.253 e. The average Bonchev–Trinajstić information content (AvgIpc) is 2.77. The van der Waals surface area contributed by atoms with Crippen LogP contribution in [0, 0.1) is 0 Å². The minimum Gasteiger partial charge on any atom is -0.508 e. The number of allylic oxidation sites excluding steroid dienone is 1. The highest BCUT2D eigenvalue weighted by Crippen LogP contribution is 2.35. The largest absolute Gasteiger partial charge is 0.508 e. The van der Waals surface area contributed by atoms with Crippen LogP contribution in [0.2, 0.25) is 0 Å². The molecule has 1 heterocycles. The van der Waals surface area contributed by atoms with Crippen molar-refractivity contribution < 1.29 is 9.90 Å². The number of hydrogen-bond donors (Lipinski definition) is 1. The molecule has 0 unspecified atom stereocenters. The summed E-state index contributed by atoms with van der Waals surface area (Å²) in [4.78, 5) is 19.5. The van der Waals surface area contributed by atoms with Gasteiger partial charge in [0.05, 0.1) is 6.04 Å². The molecule has 172 valence electrons. The van der Waals surface area contributed by atoms with E-state index in [1.54, 1.807) is 6.07 Å². The van der Waals surface area contributed by atoms with Gasteiger partial charge in [0.1, 0.15) is 5.75 Å². The predicted octanol–water partition coefficient (Wildman–Crippen LogP) is 4.89. The van der Waals surface area contributed by atoms with Crippen LogP contribution in [-0.2, 0) is 0 Å². The maximum atomic E-state index is 12.8. The second kappa shape index (κ2) is 10.2. The molecule has 0 radical (unpaired) electrons. The highest BCUT2D eigenvalue weighted by molar-refractivity contribution is 5.94. The molecule has 3 atom stereocenters. The molecule has 1 aliphatic rings. The van der Waals surface area contributed by atoms with Gasteiger partial charge < -0.3 is 14.9 Å². The third-order valence-corrected chi connectivity index (χ3v) is 6.57. The van der Waals surface area contributed by atoms with E-state index in [0.717, 1.165) is 29.9 Å². The van der Waals surface area contributed by atoms with E-state index in [4.69, 9.17) is 0 Å². The van der Waals surface area contributed by atoms with Crippen molar-refractivity contribution in [1.82, 2.24) is 14.7 Å². The molecule has 5 heteroatoms.